The van der Waals surface area contributed by atoms with E-state index >= 15 is 0 Å². The normalized spacial score (nSPS) is 13.9. The first-order chi connectivity index (χ1) is 9.37. The van der Waals surface area contributed by atoms with Gasteiger partial charge in [0, 0.05) is 11.9 Å². The van der Waals surface area contributed by atoms with Crippen LogP contribution in [0.15, 0.2) is 18.5 Å². The van der Waals surface area contributed by atoms with Crippen molar-refractivity contribution in [2.24, 2.45) is 0 Å². The second-order valence-corrected chi connectivity index (χ2v) is 4.84. The van der Waals surface area contributed by atoms with E-state index in [1.165, 1.54) is 17.6 Å². The van der Waals surface area contributed by atoms with Gasteiger partial charge in [-0.05, 0) is 26.3 Å². The van der Waals surface area contributed by atoms with Crippen LogP contribution in [0, 0.1) is 6.92 Å². The number of carboxylic acids is 1. The molecule has 0 saturated carbocycles. The molecule has 2 aromatic rings. The molecular weight excluding hydrogens is 260 g/mol. The van der Waals surface area contributed by atoms with Crippen molar-refractivity contribution < 1.29 is 14.7 Å². The van der Waals surface area contributed by atoms with Crippen molar-refractivity contribution in [3.8, 4) is 0 Å². The summed E-state index contributed by atoms with van der Waals surface area (Å²) in [5.41, 5.74) is 0.110. The Bertz CT molecular complexity index is 679. The van der Waals surface area contributed by atoms with Crippen molar-refractivity contribution in [1.29, 1.82) is 0 Å². The minimum Gasteiger partial charge on any atom is -0.480 e. The molecule has 2 aromatic heterocycles. The SMILES string of the molecule is CCC(C)(NC(=O)c1cnn2ccc(C)nc12)C(=O)O. The topological polar surface area (TPSA) is 96.6 Å². The number of hydrogen-bond donors (Lipinski definition) is 2. The number of amides is 1. The third-order valence-electron chi connectivity index (χ3n) is 3.32. The predicted octanol–water partition coefficient (Wildman–Crippen LogP) is 1.02. The highest BCUT2D eigenvalue weighted by atomic mass is 16.4. The smallest absolute Gasteiger partial charge is 0.329 e. The molecule has 1 unspecified atom stereocenters. The van der Waals surface area contributed by atoms with Gasteiger partial charge in [0.15, 0.2) is 5.65 Å². The van der Waals surface area contributed by atoms with Crippen LogP contribution in [0.3, 0.4) is 0 Å². The standard InChI is InChI=1S/C13H16N4O3/c1-4-13(3,12(19)20)16-11(18)9-7-14-17-6-5-8(2)15-10(9)17/h5-7H,4H2,1-3H3,(H,16,18)(H,19,20). The number of nitrogens with one attached hydrogen (secondary N) is 1. The monoisotopic (exact) mass is 276 g/mol. The summed E-state index contributed by atoms with van der Waals surface area (Å²) in [7, 11) is 0. The summed E-state index contributed by atoms with van der Waals surface area (Å²) < 4.78 is 1.48. The molecule has 7 nitrogen and oxygen atoms in total. The van der Waals surface area contributed by atoms with Gasteiger partial charge in [-0.15, -0.1) is 0 Å². The number of aromatic nitrogens is 3. The first kappa shape index (κ1) is 14.0. The average Bonchev–Trinajstić information content (AvgIpc) is 2.81. The van der Waals surface area contributed by atoms with Crippen LogP contribution in [0.5, 0.6) is 0 Å². The van der Waals surface area contributed by atoms with Gasteiger partial charge >= 0.3 is 5.97 Å². The van der Waals surface area contributed by atoms with Crippen LogP contribution < -0.4 is 5.32 Å². The Hall–Kier alpha value is -2.44. The van der Waals surface area contributed by atoms with Gasteiger partial charge in [-0.3, -0.25) is 4.79 Å². The molecule has 0 spiro atoms. The highest BCUT2D eigenvalue weighted by Crippen LogP contribution is 2.13. The zero-order valence-electron chi connectivity index (χ0n) is 11.5. The van der Waals surface area contributed by atoms with Gasteiger partial charge in [0.1, 0.15) is 11.1 Å². The molecule has 2 N–H and O–H groups in total. The molecule has 7 heteroatoms. The molecule has 0 aliphatic rings. The fraction of sp³-hybridized carbons (Fsp3) is 0.385. The molecule has 0 bridgehead atoms. The summed E-state index contributed by atoms with van der Waals surface area (Å²) in [6, 6.07) is 1.77. The highest BCUT2D eigenvalue weighted by Gasteiger charge is 2.33. The summed E-state index contributed by atoms with van der Waals surface area (Å²) in [4.78, 5) is 27.7. The van der Waals surface area contributed by atoms with Crippen molar-refractivity contribution in [2.75, 3.05) is 0 Å². The van der Waals surface area contributed by atoms with E-state index in [2.05, 4.69) is 15.4 Å². The Morgan fingerprint density at radius 3 is 2.80 bits per heavy atom. The average molecular weight is 276 g/mol. The number of aryl methyl sites for hydroxylation is 1. The zero-order valence-corrected chi connectivity index (χ0v) is 11.5. The van der Waals surface area contributed by atoms with Crippen molar-refractivity contribution in [1.82, 2.24) is 19.9 Å². The highest BCUT2D eigenvalue weighted by molar-refractivity contribution is 6.02. The largest absolute Gasteiger partial charge is 0.480 e. The molecular formula is C13H16N4O3. The fourth-order valence-corrected chi connectivity index (χ4v) is 1.73. The van der Waals surface area contributed by atoms with Crippen LogP contribution in [0.25, 0.3) is 5.65 Å². The number of carbonyl (C=O) groups excluding carboxylic acids is 1. The zero-order chi connectivity index (χ0) is 14.9. The second-order valence-electron chi connectivity index (χ2n) is 4.84. The van der Waals surface area contributed by atoms with E-state index < -0.39 is 17.4 Å². The van der Waals surface area contributed by atoms with Crippen molar-refractivity contribution >= 4 is 17.5 Å². The molecule has 0 aliphatic carbocycles. The maximum absolute atomic E-state index is 12.2. The van der Waals surface area contributed by atoms with Gasteiger partial charge in [0.05, 0.1) is 6.20 Å². The minimum absolute atomic E-state index is 0.259. The molecule has 0 radical (unpaired) electrons. The van der Waals surface area contributed by atoms with Gasteiger partial charge in [0.2, 0.25) is 0 Å². The Morgan fingerprint density at radius 2 is 2.20 bits per heavy atom. The Morgan fingerprint density at radius 1 is 1.50 bits per heavy atom. The predicted molar refractivity (Wildman–Crippen MR) is 71.5 cm³/mol. The number of fused-ring (bicyclic) bond motifs is 1. The number of carboxylic acid groups (broad SMARTS) is 1. The van der Waals surface area contributed by atoms with E-state index in [0.29, 0.717) is 5.65 Å². The van der Waals surface area contributed by atoms with Crippen LogP contribution in [0.4, 0.5) is 0 Å². The van der Waals surface area contributed by atoms with E-state index in [1.54, 1.807) is 19.2 Å². The summed E-state index contributed by atoms with van der Waals surface area (Å²) in [5, 5.41) is 15.7. The molecule has 0 saturated heterocycles. The molecule has 106 valence electrons. The molecule has 2 heterocycles. The maximum atomic E-state index is 12.2. The van der Waals surface area contributed by atoms with Crippen LogP contribution in [0.1, 0.15) is 36.3 Å². The van der Waals surface area contributed by atoms with E-state index in [9.17, 15) is 14.7 Å². The van der Waals surface area contributed by atoms with E-state index in [4.69, 9.17) is 0 Å². The second kappa shape index (κ2) is 4.92. The fourth-order valence-electron chi connectivity index (χ4n) is 1.73. The molecule has 0 aliphatic heterocycles. The number of rotatable bonds is 4. The summed E-state index contributed by atoms with van der Waals surface area (Å²) >= 11 is 0. The Balaban J connectivity index is 2.37. The lowest BCUT2D eigenvalue weighted by atomic mass is 9.99. The number of carbonyl (C=O) groups is 2. The molecule has 2 rings (SSSR count). The lowest BCUT2D eigenvalue weighted by Gasteiger charge is -2.24. The third kappa shape index (κ3) is 2.34. The van der Waals surface area contributed by atoms with E-state index in [0.717, 1.165) is 5.69 Å². The lowest BCUT2D eigenvalue weighted by Crippen LogP contribution is -2.51. The van der Waals surface area contributed by atoms with Crippen LogP contribution in [0.2, 0.25) is 0 Å². The van der Waals surface area contributed by atoms with Gasteiger partial charge in [-0.2, -0.15) is 5.10 Å². The van der Waals surface area contributed by atoms with Crippen LogP contribution in [-0.2, 0) is 4.79 Å². The van der Waals surface area contributed by atoms with Crippen LogP contribution in [-0.4, -0.2) is 37.1 Å². The van der Waals surface area contributed by atoms with E-state index in [-0.39, 0.29) is 12.0 Å². The quantitative estimate of drug-likeness (QED) is 0.869. The van der Waals surface area contributed by atoms with Gasteiger partial charge in [0.25, 0.3) is 5.91 Å². The molecule has 1 atom stereocenters. The molecule has 1 amide bonds. The Kier molecular flexibility index (Phi) is 3.44. The summed E-state index contributed by atoms with van der Waals surface area (Å²) in [5.74, 6) is -1.57. The number of nitrogens with zero attached hydrogens (tertiary/aromatic N) is 3. The van der Waals surface area contributed by atoms with Gasteiger partial charge < -0.3 is 10.4 Å². The van der Waals surface area contributed by atoms with E-state index in [1.807, 2.05) is 6.92 Å². The van der Waals surface area contributed by atoms with Crippen molar-refractivity contribution in [3.63, 3.8) is 0 Å². The molecule has 20 heavy (non-hydrogen) atoms. The first-order valence-corrected chi connectivity index (χ1v) is 6.24. The van der Waals surface area contributed by atoms with Crippen molar-refractivity contribution in [2.45, 2.75) is 32.7 Å². The number of aliphatic carboxylic acids is 1. The van der Waals surface area contributed by atoms with Crippen molar-refractivity contribution in [3.05, 3.63) is 29.7 Å². The summed E-state index contributed by atoms with van der Waals surface area (Å²) in [6.07, 6.45) is 3.36. The summed E-state index contributed by atoms with van der Waals surface area (Å²) in [6.45, 7) is 4.98. The van der Waals surface area contributed by atoms with Crippen LogP contribution >= 0.6 is 0 Å². The van der Waals surface area contributed by atoms with Gasteiger partial charge in [-0.25, -0.2) is 14.3 Å². The number of hydrogen-bond acceptors (Lipinski definition) is 4. The third-order valence-corrected chi connectivity index (χ3v) is 3.32. The Labute approximate surface area is 115 Å². The van der Waals surface area contributed by atoms with Gasteiger partial charge in [-0.1, -0.05) is 6.92 Å². The first-order valence-electron chi connectivity index (χ1n) is 6.24. The minimum atomic E-state index is -1.31. The molecule has 0 aromatic carbocycles. The lowest BCUT2D eigenvalue weighted by molar-refractivity contribution is -0.143. The molecule has 0 fully saturated rings. The maximum Gasteiger partial charge on any atom is 0.329 e.